The van der Waals surface area contributed by atoms with Gasteiger partial charge in [-0.2, -0.15) is 0 Å². The van der Waals surface area contributed by atoms with Gasteiger partial charge in [-0.3, -0.25) is 9.52 Å². The number of carbonyl (C=O) groups excluding carboxylic acids is 2. The Kier molecular flexibility index (Phi) is 7.46. The molecule has 0 aliphatic rings. The topological polar surface area (TPSA) is 111 Å². The SMILES string of the molecule is CCOc1ccc(NS(=O)(=O)c2cc(C(=O)N[C@@H](C)C(=O)OC)ccc2Cl)cc1. The molecule has 0 fully saturated rings. The molecule has 2 aromatic carbocycles. The minimum absolute atomic E-state index is 0.0252. The fourth-order valence-corrected chi connectivity index (χ4v) is 3.95. The van der Waals surface area contributed by atoms with E-state index in [1.165, 1.54) is 26.2 Å². The molecule has 0 aliphatic carbocycles. The van der Waals surface area contributed by atoms with E-state index in [0.717, 1.165) is 6.07 Å². The Morgan fingerprint density at radius 2 is 1.79 bits per heavy atom. The van der Waals surface area contributed by atoms with E-state index in [0.29, 0.717) is 18.0 Å². The maximum absolute atomic E-state index is 12.8. The Bertz CT molecular complexity index is 992. The Morgan fingerprint density at radius 1 is 1.14 bits per heavy atom. The van der Waals surface area contributed by atoms with Crippen LogP contribution in [0.1, 0.15) is 24.2 Å². The van der Waals surface area contributed by atoms with Gasteiger partial charge >= 0.3 is 5.97 Å². The smallest absolute Gasteiger partial charge is 0.328 e. The quantitative estimate of drug-likeness (QED) is 0.610. The number of amides is 1. The predicted octanol–water partition coefficient (Wildman–Crippen LogP) is 2.83. The van der Waals surface area contributed by atoms with Crippen molar-refractivity contribution in [1.29, 1.82) is 0 Å². The van der Waals surface area contributed by atoms with Gasteiger partial charge in [-0.05, 0) is 56.3 Å². The average molecular weight is 441 g/mol. The minimum Gasteiger partial charge on any atom is -0.494 e. The molecular formula is C19H21ClN2O6S. The molecule has 8 nitrogen and oxygen atoms in total. The predicted molar refractivity (Wildman–Crippen MR) is 109 cm³/mol. The van der Waals surface area contributed by atoms with Crippen molar-refractivity contribution in [3.63, 3.8) is 0 Å². The molecule has 1 atom stereocenters. The number of methoxy groups -OCH3 is 1. The summed E-state index contributed by atoms with van der Waals surface area (Å²) in [4.78, 5) is 23.5. The van der Waals surface area contributed by atoms with E-state index in [1.807, 2.05) is 6.92 Å². The molecular weight excluding hydrogens is 420 g/mol. The zero-order chi connectivity index (χ0) is 21.6. The van der Waals surface area contributed by atoms with Gasteiger partial charge in [0.2, 0.25) is 0 Å². The van der Waals surface area contributed by atoms with E-state index in [9.17, 15) is 18.0 Å². The molecule has 0 saturated carbocycles. The summed E-state index contributed by atoms with van der Waals surface area (Å²) in [6.45, 7) is 3.78. The third kappa shape index (κ3) is 5.85. The molecule has 156 valence electrons. The summed E-state index contributed by atoms with van der Waals surface area (Å²) < 4.78 is 37.8. The standard InChI is InChI=1S/C19H21ClN2O6S/c1-4-28-15-8-6-14(7-9-15)22-29(25,26)17-11-13(5-10-16(17)20)18(23)21-12(2)19(24)27-3/h5-12,22H,4H2,1-3H3,(H,21,23)/t12-/m0/s1. The summed E-state index contributed by atoms with van der Waals surface area (Å²) in [5.41, 5.74) is 0.330. The molecule has 0 bridgehead atoms. The first-order chi connectivity index (χ1) is 13.7. The molecule has 2 N–H and O–H groups in total. The van der Waals surface area contributed by atoms with Gasteiger partial charge in [0.05, 0.1) is 18.7 Å². The monoisotopic (exact) mass is 440 g/mol. The third-order valence-corrected chi connectivity index (χ3v) is 5.67. The molecule has 0 unspecified atom stereocenters. The fraction of sp³-hybridized carbons (Fsp3) is 0.263. The number of nitrogens with one attached hydrogen (secondary N) is 2. The van der Waals surface area contributed by atoms with Gasteiger partial charge < -0.3 is 14.8 Å². The summed E-state index contributed by atoms with van der Waals surface area (Å²) in [6.07, 6.45) is 0. The van der Waals surface area contributed by atoms with Crippen molar-refractivity contribution in [2.75, 3.05) is 18.4 Å². The van der Waals surface area contributed by atoms with Crippen LogP contribution in [0, 0.1) is 0 Å². The van der Waals surface area contributed by atoms with Crippen LogP contribution in [-0.4, -0.2) is 40.1 Å². The minimum atomic E-state index is -4.07. The van der Waals surface area contributed by atoms with Gasteiger partial charge in [0.1, 0.15) is 16.7 Å². The number of hydrogen-bond acceptors (Lipinski definition) is 6. The molecule has 2 aromatic rings. The van der Waals surface area contributed by atoms with E-state index in [2.05, 4.69) is 14.8 Å². The van der Waals surface area contributed by atoms with E-state index in [1.54, 1.807) is 24.3 Å². The van der Waals surface area contributed by atoms with E-state index < -0.39 is 27.9 Å². The van der Waals surface area contributed by atoms with Crippen LogP contribution < -0.4 is 14.8 Å². The Morgan fingerprint density at radius 3 is 2.38 bits per heavy atom. The van der Waals surface area contributed by atoms with Crippen molar-refractivity contribution in [3.05, 3.63) is 53.1 Å². The second kappa shape index (κ2) is 9.62. The number of sulfonamides is 1. The second-order valence-corrected chi connectivity index (χ2v) is 7.98. The van der Waals surface area contributed by atoms with Crippen LogP contribution in [0.25, 0.3) is 0 Å². The van der Waals surface area contributed by atoms with Crippen molar-refractivity contribution >= 4 is 39.2 Å². The first kappa shape index (κ1) is 22.5. The molecule has 29 heavy (non-hydrogen) atoms. The molecule has 0 heterocycles. The molecule has 0 radical (unpaired) electrons. The number of benzene rings is 2. The maximum atomic E-state index is 12.8. The van der Waals surface area contributed by atoms with Gasteiger partial charge in [0.15, 0.2) is 0 Å². The lowest BCUT2D eigenvalue weighted by molar-refractivity contribution is -0.142. The summed E-state index contributed by atoms with van der Waals surface area (Å²) >= 11 is 6.05. The van der Waals surface area contributed by atoms with Crippen LogP contribution in [0.5, 0.6) is 5.75 Å². The lowest BCUT2D eigenvalue weighted by Gasteiger charge is -2.14. The number of rotatable bonds is 8. The lowest BCUT2D eigenvalue weighted by atomic mass is 10.2. The van der Waals surface area contributed by atoms with Crippen LogP contribution >= 0.6 is 11.6 Å². The van der Waals surface area contributed by atoms with Crippen LogP contribution in [-0.2, 0) is 19.6 Å². The van der Waals surface area contributed by atoms with Crippen LogP contribution in [0.3, 0.4) is 0 Å². The summed E-state index contributed by atoms with van der Waals surface area (Å²) in [6, 6.07) is 9.24. The first-order valence-electron chi connectivity index (χ1n) is 8.62. The molecule has 0 saturated heterocycles. The highest BCUT2D eigenvalue weighted by Gasteiger charge is 2.22. The van der Waals surface area contributed by atoms with Crippen molar-refractivity contribution in [2.24, 2.45) is 0 Å². The van der Waals surface area contributed by atoms with Crippen molar-refractivity contribution < 1.29 is 27.5 Å². The van der Waals surface area contributed by atoms with Gasteiger partial charge in [-0.25, -0.2) is 13.2 Å². The van der Waals surface area contributed by atoms with Crippen molar-refractivity contribution in [3.8, 4) is 5.75 Å². The molecule has 1 amide bonds. The van der Waals surface area contributed by atoms with Crippen LogP contribution in [0.4, 0.5) is 5.69 Å². The highest BCUT2D eigenvalue weighted by Crippen LogP contribution is 2.26. The summed E-state index contributed by atoms with van der Waals surface area (Å²) in [5, 5.41) is 2.37. The largest absolute Gasteiger partial charge is 0.494 e. The van der Waals surface area contributed by atoms with Crippen molar-refractivity contribution in [1.82, 2.24) is 5.32 Å². The maximum Gasteiger partial charge on any atom is 0.328 e. The van der Waals surface area contributed by atoms with Gasteiger partial charge in [-0.1, -0.05) is 11.6 Å². The number of carbonyl (C=O) groups is 2. The zero-order valence-electron chi connectivity index (χ0n) is 16.1. The van der Waals surface area contributed by atoms with Crippen molar-refractivity contribution in [2.45, 2.75) is 24.8 Å². The van der Waals surface area contributed by atoms with Crippen LogP contribution in [0.15, 0.2) is 47.4 Å². The number of ether oxygens (including phenoxy) is 2. The number of halogens is 1. The number of esters is 1. The molecule has 0 aromatic heterocycles. The summed E-state index contributed by atoms with van der Waals surface area (Å²) in [7, 11) is -2.87. The van der Waals surface area contributed by atoms with E-state index in [4.69, 9.17) is 16.3 Å². The highest BCUT2D eigenvalue weighted by molar-refractivity contribution is 7.92. The van der Waals surface area contributed by atoms with Gasteiger partial charge in [0, 0.05) is 11.3 Å². The lowest BCUT2D eigenvalue weighted by Crippen LogP contribution is -2.39. The first-order valence-corrected chi connectivity index (χ1v) is 10.5. The van der Waals surface area contributed by atoms with E-state index >= 15 is 0 Å². The number of hydrogen-bond donors (Lipinski definition) is 2. The van der Waals surface area contributed by atoms with E-state index in [-0.39, 0.29) is 15.5 Å². The normalized spacial score (nSPS) is 12.0. The Labute approximate surface area is 174 Å². The summed E-state index contributed by atoms with van der Waals surface area (Å²) in [5.74, 6) is -0.665. The van der Waals surface area contributed by atoms with Gasteiger partial charge in [-0.15, -0.1) is 0 Å². The van der Waals surface area contributed by atoms with Crippen LogP contribution in [0.2, 0.25) is 5.02 Å². The number of anilines is 1. The Hall–Kier alpha value is -2.78. The second-order valence-electron chi connectivity index (χ2n) is 5.93. The highest BCUT2D eigenvalue weighted by atomic mass is 35.5. The molecule has 0 spiro atoms. The molecule has 10 heteroatoms. The zero-order valence-corrected chi connectivity index (χ0v) is 17.6. The van der Waals surface area contributed by atoms with Gasteiger partial charge in [0.25, 0.3) is 15.9 Å². The molecule has 0 aliphatic heterocycles. The molecule has 2 rings (SSSR count). The fourth-order valence-electron chi connectivity index (χ4n) is 2.36. The average Bonchev–Trinajstić information content (AvgIpc) is 2.68. The third-order valence-electron chi connectivity index (χ3n) is 3.80. The Balaban J connectivity index is 2.25.